The van der Waals surface area contributed by atoms with Crippen LogP contribution in [-0.4, -0.2) is 62.7 Å². The van der Waals surface area contributed by atoms with E-state index >= 15 is 0 Å². The zero-order valence-electron chi connectivity index (χ0n) is 19.1. The van der Waals surface area contributed by atoms with Gasteiger partial charge in [0, 0.05) is 50.2 Å². The van der Waals surface area contributed by atoms with Crippen molar-refractivity contribution >= 4 is 16.9 Å². The number of ether oxygens (including phenoxy) is 3. The maximum atomic E-state index is 13.1. The molecule has 0 bridgehead atoms. The molecule has 1 aliphatic rings. The number of amides is 1. The zero-order chi connectivity index (χ0) is 23.4. The van der Waals surface area contributed by atoms with Gasteiger partial charge in [0.25, 0.3) is 5.91 Å². The fourth-order valence-electron chi connectivity index (χ4n) is 4.09. The molecule has 0 radical (unpaired) electrons. The molecule has 0 saturated carbocycles. The molecule has 8 heteroatoms. The summed E-state index contributed by atoms with van der Waals surface area (Å²) in [6.07, 6.45) is 0. The largest absolute Gasteiger partial charge is 0.497 e. The molecule has 1 amide bonds. The van der Waals surface area contributed by atoms with Crippen LogP contribution in [0.5, 0.6) is 17.2 Å². The number of benzene rings is 2. The molecule has 1 fully saturated rings. The van der Waals surface area contributed by atoms with E-state index in [1.165, 1.54) is 6.07 Å². The summed E-state index contributed by atoms with van der Waals surface area (Å²) in [6.45, 7) is 5.63. The van der Waals surface area contributed by atoms with Crippen LogP contribution in [0.4, 0.5) is 0 Å². The van der Waals surface area contributed by atoms with Crippen LogP contribution in [0.1, 0.15) is 22.8 Å². The maximum Gasteiger partial charge on any atom is 0.336 e. The quantitative estimate of drug-likeness (QED) is 0.510. The van der Waals surface area contributed by atoms with E-state index in [4.69, 9.17) is 18.6 Å². The fourth-order valence-corrected chi connectivity index (χ4v) is 4.09. The Morgan fingerprint density at radius 1 is 0.970 bits per heavy atom. The van der Waals surface area contributed by atoms with Crippen LogP contribution in [0.3, 0.4) is 0 Å². The van der Waals surface area contributed by atoms with E-state index in [0.29, 0.717) is 62.0 Å². The monoisotopic (exact) mass is 452 g/mol. The SMILES string of the molecule is CCOc1ccc2oc(=O)cc(CN3CCN(C(=O)c4ccc(OC)cc4OC)CC3)c2c1. The summed E-state index contributed by atoms with van der Waals surface area (Å²) in [5.74, 6) is 1.81. The molecule has 0 spiro atoms. The predicted molar refractivity (Wildman–Crippen MR) is 124 cm³/mol. The summed E-state index contributed by atoms with van der Waals surface area (Å²) in [5.41, 5.74) is 1.57. The number of hydrogen-bond acceptors (Lipinski definition) is 7. The molecular formula is C25H28N2O6. The Morgan fingerprint density at radius 2 is 1.73 bits per heavy atom. The van der Waals surface area contributed by atoms with E-state index < -0.39 is 0 Å². The van der Waals surface area contributed by atoms with Crippen molar-refractivity contribution in [1.82, 2.24) is 9.80 Å². The van der Waals surface area contributed by atoms with Crippen LogP contribution in [0.25, 0.3) is 11.0 Å². The van der Waals surface area contributed by atoms with Crippen molar-refractivity contribution in [2.24, 2.45) is 0 Å². The van der Waals surface area contributed by atoms with Gasteiger partial charge in [-0.1, -0.05) is 0 Å². The van der Waals surface area contributed by atoms with Crippen molar-refractivity contribution in [3.63, 3.8) is 0 Å². The number of nitrogens with zero attached hydrogens (tertiary/aromatic N) is 2. The second-order valence-electron chi connectivity index (χ2n) is 7.82. The Kier molecular flexibility index (Phi) is 6.84. The molecule has 0 aliphatic carbocycles. The molecule has 0 unspecified atom stereocenters. The Hall–Kier alpha value is -3.52. The first-order valence-electron chi connectivity index (χ1n) is 11.0. The fraction of sp³-hybridized carbons (Fsp3) is 0.360. The van der Waals surface area contributed by atoms with Crippen molar-refractivity contribution in [2.75, 3.05) is 47.0 Å². The van der Waals surface area contributed by atoms with Gasteiger partial charge >= 0.3 is 5.63 Å². The van der Waals surface area contributed by atoms with Gasteiger partial charge in [0.2, 0.25) is 0 Å². The Balaban J connectivity index is 1.47. The van der Waals surface area contributed by atoms with Crippen molar-refractivity contribution in [3.05, 3.63) is 64.0 Å². The molecule has 1 aliphatic heterocycles. The van der Waals surface area contributed by atoms with Gasteiger partial charge in [-0.05, 0) is 42.8 Å². The summed E-state index contributed by atoms with van der Waals surface area (Å²) in [6, 6.07) is 12.2. The van der Waals surface area contributed by atoms with Gasteiger partial charge in [0.1, 0.15) is 22.8 Å². The Bertz CT molecular complexity index is 1200. The highest BCUT2D eigenvalue weighted by Crippen LogP contribution is 2.27. The molecule has 0 atom stereocenters. The topological polar surface area (TPSA) is 81.5 Å². The summed E-state index contributed by atoms with van der Waals surface area (Å²) in [4.78, 5) is 29.2. The Morgan fingerprint density at radius 3 is 2.42 bits per heavy atom. The summed E-state index contributed by atoms with van der Waals surface area (Å²) in [7, 11) is 3.12. The minimum absolute atomic E-state index is 0.0682. The highest BCUT2D eigenvalue weighted by molar-refractivity contribution is 5.97. The van der Waals surface area contributed by atoms with E-state index in [9.17, 15) is 9.59 Å². The van der Waals surface area contributed by atoms with Crippen LogP contribution < -0.4 is 19.8 Å². The van der Waals surface area contributed by atoms with Gasteiger partial charge in [0.05, 0.1) is 26.4 Å². The summed E-state index contributed by atoms with van der Waals surface area (Å²) < 4.78 is 21.6. The van der Waals surface area contributed by atoms with Gasteiger partial charge in [-0.15, -0.1) is 0 Å². The average Bonchev–Trinajstić information content (AvgIpc) is 2.84. The third kappa shape index (κ3) is 4.96. The van der Waals surface area contributed by atoms with Crippen LogP contribution >= 0.6 is 0 Å². The lowest BCUT2D eigenvalue weighted by molar-refractivity contribution is 0.0625. The van der Waals surface area contributed by atoms with Crippen molar-refractivity contribution < 1.29 is 23.4 Å². The number of fused-ring (bicyclic) bond motifs is 1. The third-order valence-corrected chi connectivity index (χ3v) is 5.80. The van der Waals surface area contributed by atoms with E-state index in [0.717, 1.165) is 16.7 Å². The van der Waals surface area contributed by atoms with Crippen molar-refractivity contribution in [1.29, 1.82) is 0 Å². The molecule has 3 aromatic rings. The molecule has 2 aromatic carbocycles. The first-order chi connectivity index (χ1) is 16.0. The minimum Gasteiger partial charge on any atom is -0.497 e. The lowest BCUT2D eigenvalue weighted by Gasteiger charge is -2.35. The second-order valence-corrected chi connectivity index (χ2v) is 7.82. The van der Waals surface area contributed by atoms with Crippen molar-refractivity contribution in [2.45, 2.75) is 13.5 Å². The second kappa shape index (κ2) is 9.95. The number of carbonyl (C=O) groups is 1. The molecule has 2 heterocycles. The highest BCUT2D eigenvalue weighted by atomic mass is 16.5. The molecule has 8 nitrogen and oxygen atoms in total. The molecule has 4 rings (SSSR count). The number of methoxy groups -OCH3 is 2. The standard InChI is InChI=1S/C25H28N2O6/c1-4-32-19-6-8-22-21(14-19)17(13-24(28)33-22)16-26-9-11-27(12-10-26)25(29)20-7-5-18(30-2)15-23(20)31-3/h5-8,13-15H,4,9-12,16H2,1-3H3. The molecular weight excluding hydrogens is 424 g/mol. The normalized spacial score (nSPS) is 14.3. The number of piperazine rings is 1. The van der Waals surface area contributed by atoms with Crippen LogP contribution in [0, 0.1) is 0 Å². The smallest absolute Gasteiger partial charge is 0.336 e. The minimum atomic E-state index is -0.373. The average molecular weight is 453 g/mol. The van der Waals surface area contributed by atoms with Crippen LogP contribution in [0.15, 0.2) is 51.7 Å². The van der Waals surface area contributed by atoms with Gasteiger partial charge in [-0.25, -0.2) is 4.79 Å². The summed E-state index contributed by atoms with van der Waals surface area (Å²) in [5, 5.41) is 0.863. The number of hydrogen-bond donors (Lipinski definition) is 0. The zero-order valence-corrected chi connectivity index (χ0v) is 19.1. The maximum absolute atomic E-state index is 13.1. The van der Waals surface area contributed by atoms with Gasteiger partial charge < -0.3 is 23.5 Å². The lowest BCUT2D eigenvalue weighted by atomic mass is 10.1. The summed E-state index contributed by atoms with van der Waals surface area (Å²) >= 11 is 0. The van der Waals surface area contributed by atoms with E-state index in [-0.39, 0.29) is 11.5 Å². The van der Waals surface area contributed by atoms with Gasteiger partial charge in [-0.2, -0.15) is 0 Å². The first-order valence-corrected chi connectivity index (χ1v) is 11.0. The molecule has 33 heavy (non-hydrogen) atoms. The predicted octanol–water partition coefficient (Wildman–Crippen LogP) is 3.17. The van der Waals surface area contributed by atoms with Gasteiger partial charge in [-0.3, -0.25) is 9.69 Å². The Labute approximate surface area is 192 Å². The van der Waals surface area contributed by atoms with Crippen LogP contribution in [-0.2, 0) is 6.54 Å². The molecule has 0 N–H and O–H groups in total. The highest BCUT2D eigenvalue weighted by Gasteiger charge is 2.25. The van der Waals surface area contributed by atoms with E-state index in [2.05, 4.69) is 4.90 Å². The molecule has 1 saturated heterocycles. The third-order valence-electron chi connectivity index (χ3n) is 5.80. The van der Waals surface area contributed by atoms with E-state index in [1.54, 1.807) is 44.6 Å². The van der Waals surface area contributed by atoms with E-state index in [1.807, 2.05) is 17.9 Å². The lowest BCUT2D eigenvalue weighted by Crippen LogP contribution is -2.48. The van der Waals surface area contributed by atoms with Crippen LogP contribution in [0.2, 0.25) is 0 Å². The number of rotatable bonds is 7. The van der Waals surface area contributed by atoms with Gasteiger partial charge in [0.15, 0.2) is 0 Å². The van der Waals surface area contributed by atoms with Crippen molar-refractivity contribution in [3.8, 4) is 17.2 Å². The molecule has 174 valence electrons. The first kappa shape index (κ1) is 22.7. The molecule has 1 aromatic heterocycles. The number of carbonyl (C=O) groups excluding carboxylic acids is 1.